The van der Waals surface area contributed by atoms with Crippen LogP contribution in [0.2, 0.25) is 5.02 Å². The normalized spacial score (nSPS) is 12.4. The van der Waals surface area contributed by atoms with Crippen LogP contribution in [-0.2, 0) is 6.42 Å². The molecule has 0 aliphatic rings. The highest BCUT2D eigenvalue weighted by Crippen LogP contribution is 2.25. The van der Waals surface area contributed by atoms with Crippen molar-refractivity contribution in [3.8, 4) is 0 Å². The molecule has 2 N–H and O–H groups in total. The fourth-order valence-corrected chi connectivity index (χ4v) is 1.93. The van der Waals surface area contributed by atoms with Gasteiger partial charge in [0.05, 0.1) is 5.02 Å². The Morgan fingerprint density at radius 1 is 1.24 bits per heavy atom. The molecule has 17 heavy (non-hydrogen) atoms. The molecule has 0 amide bonds. The molecule has 0 spiro atoms. The van der Waals surface area contributed by atoms with Gasteiger partial charge in [-0.2, -0.15) is 0 Å². The van der Waals surface area contributed by atoms with E-state index in [2.05, 4.69) is 4.98 Å². The summed E-state index contributed by atoms with van der Waals surface area (Å²) in [5.41, 5.74) is 7.48. The first-order valence-corrected chi connectivity index (χ1v) is 5.65. The van der Waals surface area contributed by atoms with Crippen LogP contribution in [0.15, 0.2) is 42.6 Å². The summed E-state index contributed by atoms with van der Waals surface area (Å²) in [6, 6.07) is 9.92. The third-order valence-electron chi connectivity index (χ3n) is 2.54. The summed E-state index contributed by atoms with van der Waals surface area (Å²) < 4.78 is 13.3. The van der Waals surface area contributed by atoms with Crippen LogP contribution in [0.1, 0.15) is 17.3 Å². The summed E-state index contributed by atoms with van der Waals surface area (Å²) >= 11 is 5.88. The van der Waals surface area contributed by atoms with Crippen LogP contribution >= 0.6 is 11.6 Å². The Hall–Kier alpha value is -1.45. The molecule has 0 fully saturated rings. The minimum atomic E-state index is -0.444. The van der Waals surface area contributed by atoms with Crippen molar-refractivity contribution in [2.24, 2.45) is 5.73 Å². The number of hydrogen-bond acceptors (Lipinski definition) is 2. The number of nitrogens with zero attached hydrogens (tertiary/aromatic N) is 1. The van der Waals surface area contributed by atoms with Crippen molar-refractivity contribution in [1.29, 1.82) is 0 Å². The number of hydrogen-bond donors (Lipinski definition) is 1. The quantitative estimate of drug-likeness (QED) is 0.909. The fourth-order valence-electron chi connectivity index (χ4n) is 1.66. The van der Waals surface area contributed by atoms with Gasteiger partial charge in [0.25, 0.3) is 0 Å². The van der Waals surface area contributed by atoms with Crippen LogP contribution in [0.3, 0.4) is 0 Å². The molecule has 2 rings (SSSR count). The molecule has 2 nitrogen and oxygen atoms in total. The first-order chi connectivity index (χ1) is 8.18. The van der Waals surface area contributed by atoms with Gasteiger partial charge in [0.1, 0.15) is 5.82 Å². The number of pyridine rings is 1. The highest BCUT2D eigenvalue weighted by molar-refractivity contribution is 6.31. The average Bonchev–Trinajstić information content (AvgIpc) is 2.34. The number of aromatic nitrogens is 1. The summed E-state index contributed by atoms with van der Waals surface area (Å²) in [5.74, 6) is -0.444. The largest absolute Gasteiger partial charge is 0.324 e. The highest BCUT2D eigenvalue weighted by Gasteiger charge is 2.13. The second-order valence-electron chi connectivity index (χ2n) is 3.77. The Labute approximate surface area is 104 Å². The van der Waals surface area contributed by atoms with Gasteiger partial charge in [-0.15, -0.1) is 0 Å². The number of benzene rings is 1. The van der Waals surface area contributed by atoms with E-state index in [0.717, 1.165) is 5.69 Å². The minimum absolute atomic E-state index is 0.0935. The Bertz CT molecular complexity index is 502. The van der Waals surface area contributed by atoms with Gasteiger partial charge in [0.2, 0.25) is 0 Å². The van der Waals surface area contributed by atoms with Crippen molar-refractivity contribution in [3.63, 3.8) is 0 Å². The summed E-state index contributed by atoms with van der Waals surface area (Å²) in [6.07, 6.45) is 2.24. The van der Waals surface area contributed by atoms with Crippen molar-refractivity contribution >= 4 is 11.6 Å². The lowest BCUT2D eigenvalue weighted by Gasteiger charge is -2.13. The van der Waals surface area contributed by atoms with E-state index in [1.165, 1.54) is 6.07 Å². The van der Waals surface area contributed by atoms with Gasteiger partial charge in [-0.05, 0) is 23.8 Å². The van der Waals surface area contributed by atoms with Crippen LogP contribution in [-0.4, -0.2) is 4.98 Å². The lowest BCUT2D eigenvalue weighted by atomic mass is 10.0. The molecule has 4 heteroatoms. The topological polar surface area (TPSA) is 38.9 Å². The summed E-state index contributed by atoms with van der Waals surface area (Å²) in [7, 11) is 0. The molecule has 0 aliphatic heterocycles. The minimum Gasteiger partial charge on any atom is -0.324 e. The molecule has 0 radical (unpaired) electrons. The molecule has 1 atom stereocenters. The number of rotatable bonds is 3. The van der Waals surface area contributed by atoms with Gasteiger partial charge in [-0.25, -0.2) is 4.39 Å². The SMILES string of the molecule is NC(Cc1ccccn1)c1cccc(F)c1Cl. The average molecular weight is 251 g/mol. The number of halogens is 2. The molecular formula is C13H12ClFN2. The van der Waals surface area contributed by atoms with Crippen molar-refractivity contribution in [2.45, 2.75) is 12.5 Å². The van der Waals surface area contributed by atoms with E-state index in [9.17, 15) is 4.39 Å². The standard InChI is InChI=1S/C13H12ClFN2/c14-13-10(5-3-6-11(13)15)12(16)8-9-4-1-2-7-17-9/h1-7,12H,8,16H2. The maximum Gasteiger partial charge on any atom is 0.142 e. The molecule has 0 saturated carbocycles. The summed E-state index contributed by atoms with van der Waals surface area (Å²) in [5, 5.41) is 0.0935. The highest BCUT2D eigenvalue weighted by atomic mass is 35.5. The smallest absolute Gasteiger partial charge is 0.142 e. The second-order valence-corrected chi connectivity index (χ2v) is 4.15. The molecule has 1 aromatic carbocycles. The van der Waals surface area contributed by atoms with Crippen molar-refractivity contribution < 1.29 is 4.39 Å². The van der Waals surface area contributed by atoms with Gasteiger partial charge in [0.15, 0.2) is 0 Å². The zero-order valence-electron chi connectivity index (χ0n) is 9.11. The lowest BCUT2D eigenvalue weighted by Crippen LogP contribution is -2.15. The molecular weight excluding hydrogens is 239 g/mol. The van der Waals surface area contributed by atoms with E-state index in [-0.39, 0.29) is 11.1 Å². The van der Waals surface area contributed by atoms with Crippen molar-refractivity contribution in [3.05, 3.63) is 64.7 Å². The van der Waals surface area contributed by atoms with Gasteiger partial charge in [0, 0.05) is 24.4 Å². The molecule has 1 unspecified atom stereocenters. The molecule has 1 heterocycles. The number of nitrogens with two attached hydrogens (primary N) is 1. The Morgan fingerprint density at radius 2 is 2.06 bits per heavy atom. The maximum absolute atomic E-state index is 13.3. The lowest BCUT2D eigenvalue weighted by molar-refractivity contribution is 0.618. The van der Waals surface area contributed by atoms with E-state index >= 15 is 0 Å². The Morgan fingerprint density at radius 3 is 2.76 bits per heavy atom. The van der Waals surface area contributed by atoms with Gasteiger partial charge in [-0.3, -0.25) is 4.98 Å². The third kappa shape index (κ3) is 2.81. The van der Waals surface area contributed by atoms with E-state index < -0.39 is 5.82 Å². The van der Waals surface area contributed by atoms with E-state index in [1.54, 1.807) is 18.3 Å². The van der Waals surface area contributed by atoms with Gasteiger partial charge < -0.3 is 5.73 Å². The van der Waals surface area contributed by atoms with Crippen LogP contribution < -0.4 is 5.73 Å². The van der Waals surface area contributed by atoms with Crippen LogP contribution in [0.25, 0.3) is 0 Å². The Kier molecular flexibility index (Phi) is 3.71. The zero-order valence-corrected chi connectivity index (χ0v) is 9.86. The first kappa shape index (κ1) is 12.0. The van der Waals surface area contributed by atoms with Gasteiger partial charge in [-0.1, -0.05) is 29.8 Å². The van der Waals surface area contributed by atoms with Crippen LogP contribution in [0, 0.1) is 5.82 Å². The molecule has 88 valence electrons. The maximum atomic E-state index is 13.3. The summed E-state index contributed by atoms with van der Waals surface area (Å²) in [6.45, 7) is 0. The molecule has 2 aromatic rings. The van der Waals surface area contributed by atoms with Crippen LogP contribution in [0.5, 0.6) is 0 Å². The van der Waals surface area contributed by atoms with Crippen molar-refractivity contribution in [2.75, 3.05) is 0 Å². The molecule has 0 bridgehead atoms. The molecule has 0 aliphatic carbocycles. The van der Waals surface area contributed by atoms with Crippen LogP contribution in [0.4, 0.5) is 4.39 Å². The predicted octanol–water partition coefficient (Wildman–Crippen LogP) is 3.12. The van der Waals surface area contributed by atoms with E-state index in [1.807, 2.05) is 18.2 Å². The third-order valence-corrected chi connectivity index (χ3v) is 2.93. The molecule has 1 aromatic heterocycles. The fraction of sp³-hybridized carbons (Fsp3) is 0.154. The second kappa shape index (κ2) is 5.25. The van der Waals surface area contributed by atoms with E-state index in [0.29, 0.717) is 12.0 Å². The van der Waals surface area contributed by atoms with E-state index in [4.69, 9.17) is 17.3 Å². The monoisotopic (exact) mass is 250 g/mol. The summed E-state index contributed by atoms with van der Waals surface area (Å²) in [4.78, 5) is 4.18. The predicted molar refractivity (Wildman–Crippen MR) is 66.3 cm³/mol. The zero-order chi connectivity index (χ0) is 12.3. The Balaban J connectivity index is 2.20. The first-order valence-electron chi connectivity index (χ1n) is 5.28. The van der Waals surface area contributed by atoms with Gasteiger partial charge >= 0.3 is 0 Å². The molecule has 0 saturated heterocycles. The van der Waals surface area contributed by atoms with Crippen molar-refractivity contribution in [1.82, 2.24) is 4.98 Å².